The van der Waals surface area contributed by atoms with Crippen LogP contribution in [0.2, 0.25) is 0 Å². The van der Waals surface area contributed by atoms with Crippen LogP contribution in [0.3, 0.4) is 0 Å². The summed E-state index contributed by atoms with van der Waals surface area (Å²) in [7, 11) is 0. The molecule has 2 unspecified atom stereocenters. The van der Waals surface area contributed by atoms with Crippen molar-refractivity contribution < 1.29 is 38.3 Å². The normalized spacial score (nSPS) is 18.4. The van der Waals surface area contributed by atoms with Gasteiger partial charge in [-0.15, -0.1) is 5.10 Å². The molecule has 6 rings (SSSR count). The molecule has 2 aromatic carbocycles. The van der Waals surface area contributed by atoms with Gasteiger partial charge in [-0.1, -0.05) is 95.6 Å². The second-order valence-corrected chi connectivity index (χ2v) is 19.3. The number of likely N-dealkylation sites (tertiary alicyclic amines) is 1. The van der Waals surface area contributed by atoms with Crippen LogP contribution in [0.25, 0.3) is 0 Å². The van der Waals surface area contributed by atoms with E-state index in [1.807, 2.05) is 75.4 Å². The Morgan fingerprint density at radius 1 is 0.851 bits per heavy atom. The van der Waals surface area contributed by atoms with E-state index in [0.717, 1.165) is 29.5 Å². The quantitative estimate of drug-likeness (QED) is 0.0889. The second kappa shape index (κ2) is 22.5. The van der Waals surface area contributed by atoms with Crippen LogP contribution >= 0.6 is 0 Å². The van der Waals surface area contributed by atoms with E-state index in [1.165, 1.54) is 4.90 Å². The molecule has 0 bridgehead atoms. The van der Waals surface area contributed by atoms with Gasteiger partial charge in [-0.2, -0.15) is 0 Å². The van der Waals surface area contributed by atoms with Crippen molar-refractivity contribution in [3.05, 3.63) is 77.1 Å². The fraction of sp³-hybridized carbons (Fsp3) is 0.592. The number of unbranched alkanes of at least 4 members (excludes halogenated alkanes) is 1. The number of Topliss-reactive ketones (excluding diaryl/α,β-unsaturated/α-hetero) is 1. The van der Waals surface area contributed by atoms with Crippen molar-refractivity contribution >= 4 is 41.4 Å². The molecule has 362 valence electrons. The molecule has 1 aromatic heterocycles. The van der Waals surface area contributed by atoms with Gasteiger partial charge in [0.1, 0.15) is 24.2 Å². The van der Waals surface area contributed by atoms with Gasteiger partial charge in [0.25, 0.3) is 5.91 Å². The van der Waals surface area contributed by atoms with Crippen LogP contribution in [0.1, 0.15) is 122 Å². The highest BCUT2D eigenvalue weighted by atomic mass is 16.6. The number of ether oxygens (including phenoxy) is 1. The summed E-state index contributed by atoms with van der Waals surface area (Å²) in [5.41, 5.74) is 2.72. The fourth-order valence-electron chi connectivity index (χ4n) is 8.76. The Morgan fingerprint density at radius 3 is 2.21 bits per heavy atom. The van der Waals surface area contributed by atoms with Crippen molar-refractivity contribution in [2.75, 3.05) is 13.1 Å². The van der Waals surface area contributed by atoms with Crippen LogP contribution in [-0.4, -0.2) is 121 Å². The topological polar surface area (TPSA) is 227 Å². The Hall–Kier alpha value is -6.20. The predicted octanol–water partition coefficient (Wildman–Crippen LogP) is 3.75. The molecule has 2 aliphatic heterocycles. The number of amides is 6. The van der Waals surface area contributed by atoms with Gasteiger partial charge in [-0.3, -0.25) is 28.8 Å². The highest BCUT2D eigenvalue weighted by molar-refractivity contribution is 6.38. The summed E-state index contributed by atoms with van der Waals surface area (Å²) in [5, 5.41) is 23.6. The Morgan fingerprint density at radius 2 is 1.54 bits per heavy atom. The third-order valence-electron chi connectivity index (χ3n) is 12.9. The maximum absolute atomic E-state index is 14.7. The van der Waals surface area contributed by atoms with Gasteiger partial charge < -0.3 is 35.8 Å². The van der Waals surface area contributed by atoms with E-state index < -0.39 is 77.2 Å². The minimum Gasteiger partial charge on any atom is -0.444 e. The van der Waals surface area contributed by atoms with Crippen molar-refractivity contribution in [2.45, 2.75) is 161 Å². The zero-order chi connectivity index (χ0) is 48.4. The highest BCUT2D eigenvalue weighted by Gasteiger charge is 2.46. The number of hydrogen-bond donors (Lipinski definition) is 4. The molecule has 5 atom stereocenters. The molecule has 67 heavy (non-hydrogen) atoms. The van der Waals surface area contributed by atoms with E-state index in [2.05, 4.69) is 36.8 Å². The van der Waals surface area contributed by atoms with E-state index in [4.69, 9.17) is 4.74 Å². The fourth-order valence-corrected chi connectivity index (χ4v) is 8.76. The maximum atomic E-state index is 14.7. The lowest BCUT2D eigenvalue weighted by atomic mass is 9.94. The average Bonchev–Trinajstić information content (AvgIpc) is 3.81. The van der Waals surface area contributed by atoms with E-state index in [-0.39, 0.29) is 43.7 Å². The first-order valence-corrected chi connectivity index (χ1v) is 23.9. The number of rotatable bonds is 21. The van der Waals surface area contributed by atoms with Crippen molar-refractivity contribution in [3.8, 4) is 0 Å². The zero-order valence-corrected chi connectivity index (χ0v) is 40.0. The molecule has 3 aliphatic rings. The van der Waals surface area contributed by atoms with Crippen LogP contribution in [0.15, 0.2) is 54.6 Å². The molecule has 4 N–H and O–H groups in total. The van der Waals surface area contributed by atoms with Gasteiger partial charge in [0.15, 0.2) is 5.82 Å². The Bertz CT molecular complexity index is 2240. The number of tetrazole rings is 1. The Balaban J connectivity index is 1.10. The number of hydrogen-bond acceptors (Lipinski definition) is 11. The van der Waals surface area contributed by atoms with Crippen molar-refractivity contribution in [2.24, 2.45) is 11.8 Å². The Kier molecular flexibility index (Phi) is 16.9. The van der Waals surface area contributed by atoms with Gasteiger partial charge >= 0.3 is 6.09 Å². The summed E-state index contributed by atoms with van der Waals surface area (Å²) in [4.78, 5) is 98.9. The molecule has 2 fully saturated rings. The number of carbonyl (C=O) groups excluding carboxylic acids is 7. The summed E-state index contributed by atoms with van der Waals surface area (Å²) in [6.07, 6.45) is 3.16. The number of nitrogens with one attached hydrogen (secondary N) is 4. The maximum Gasteiger partial charge on any atom is 0.410 e. The van der Waals surface area contributed by atoms with E-state index >= 15 is 0 Å². The SMILES string of the molecule is CCCC(NC(=O)[C@@H]1CC(OC(=O)N2CCc3ccccc3C2)CN1C(=O)[C@@H](NC(=O)[C@@H](NC(=O)CCCCc1nnnn1C(C)(C)c1ccccc1)C(C)C)C(C)C)C(=O)C(=O)NC1CC1. The molecule has 1 aliphatic carbocycles. The van der Waals surface area contributed by atoms with E-state index in [9.17, 15) is 33.6 Å². The minimum atomic E-state index is -1.20. The highest BCUT2D eigenvalue weighted by Crippen LogP contribution is 2.28. The molecule has 6 amide bonds. The minimum absolute atomic E-state index is 0.0607. The third-order valence-corrected chi connectivity index (χ3v) is 12.9. The standard InChI is InChI=1S/C49H68N10O8/c1-8-16-37(43(61)46(64)50-35-23-24-35)51-44(62)38-27-36(67-48(66)57-26-25-32-17-12-13-18-33(32)28-57)29-58(38)47(65)42(31(4)5)53-45(63)41(30(2)3)52-40(60)22-15-14-21-39-54-55-56-59(39)49(6,7)34-19-10-9-11-20-34/h9-13,17-20,30-31,35-38,41-42H,8,14-16,21-29H2,1-7H3,(H,50,64)(H,51,62)(H,52,60)(H,53,63)/t36?,37?,38-,41-,42-/m0/s1. The molecule has 0 spiro atoms. The molecule has 1 saturated carbocycles. The summed E-state index contributed by atoms with van der Waals surface area (Å²) in [6.45, 7) is 13.7. The molecule has 18 heteroatoms. The van der Waals surface area contributed by atoms with Gasteiger partial charge in [0.05, 0.1) is 18.1 Å². The van der Waals surface area contributed by atoms with Crippen LogP contribution in [-0.2, 0) is 58.4 Å². The summed E-state index contributed by atoms with van der Waals surface area (Å²) < 4.78 is 7.79. The summed E-state index contributed by atoms with van der Waals surface area (Å²) in [5.74, 6) is -3.84. The molecule has 1 saturated heterocycles. The Labute approximate surface area is 393 Å². The monoisotopic (exact) mass is 925 g/mol. The molecule has 0 radical (unpaired) electrons. The van der Waals surface area contributed by atoms with Gasteiger partial charge in [-0.05, 0) is 91.3 Å². The lowest BCUT2D eigenvalue weighted by Gasteiger charge is -2.32. The van der Waals surface area contributed by atoms with Crippen molar-refractivity contribution in [3.63, 3.8) is 0 Å². The molecule has 3 heterocycles. The molecule has 18 nitrogen and oxygen atoms in total. The third kappa shape index (κ3) is 12.8. The molecular weight excluding hydrogens is 857 g/mol. The number of nitrogens with zero attached hydrogens (tertiary/aromatic N) is 6. The molecule has 3 aromatic rings. The zero-order valence-electron chi connectivity index (χ0n) is 40.0. The van der Waals surface area contributed by atoms with Crippen LogP contribution in [0.4, 0.5) is 4.79 Å². The van der Waals surface area contributed by atoms with Gasteiger partial charge in [0.2, 0.25) is 29.4 Å². The van der Waals surface area contributed by atoms with Gasteiger partial charge in [-0.25, -0.2) is 9.48 Å². The first kappa shape index (κ1) is 50.2. The average molecular weight is 925 g/mol. The first-order valence-electron chi connectivity index (χ1n) is 23.9. The number of ketones is 1. The number of aromatic nitrogens is 4. The van der Waals surface area contributed by atoms with Crippen LogP contribution in [0, 0.1) is 11.8 Å². The smallest absolute Gasteiger partial charge is 0.410 e. The first-order chi connectivity index (χ1) is 32.0. The molecular formula is C49H68N10O8. The van der Waals surface area contributed by atoms with Gasteiger partial charge in [0, 0.05) is 38.4 Å². The largest absolute Gasteiger partial charge is 0.444 e. The van der Waals surface area contributed by atoms with E-state index in [0.29, 0.717) is 51.0 Å². The van der Waals surface area contributed by atoms with Crippen LogP contribution in [0.5, 0.6) is 0 Å². The summed E-state index contributed by atoms with van der Waals surface area (Å²) in [6, 6.07) is 13.3. The predicted molar refractivity (Wildman–Crippen MR) is 248 cm³/mol. The summed E-state index contributed by atoms with van der Waals surface area (Å²) >= 11 is 0. The van der Waals surface area contributed by atoms with E-state index in [1.54, 1.807) is 37.3 Å². The lowest BCUT2D eigenvalue weighted by Crippen LogP contribution is -2.59. The van der Waals surface area contributed by atoms with Crippen LogP contribution < -0.4 is 21.3 Å². The number of fused-ring (bicyclic) bond motifs is 1. The van der Waals surface area contributed by atoms with Crippen molar-refractivity contribution in [1.29, 1.82) is 0 Å². The lowest BCUT2D eigenvalue weighted by molar-refractivity contribution is -0.144. The number of benzene rings is 2. The number of aryl methyl sites for hydroxylation is 1. The van der Waals surface area contributed by atoms with Crippen molar-refractivity contribution in [1.82, 2.24) is 51.3 Å². The number of carbonyl (C=O) groups is 7. The second-order valence-electron chi connectivity index (χ2n) is 19.3.